The Bertz CT molecular complexity index is 1030. The number of aromatic amines is 1. The molecule has 0 bridgehead atoms. The van der Waals surface area contributed by atoms with Crippen LogP contribution in [-0.2, 0) is 0 Å². The first-order valence-corrected chi connectivity index (χ1v) is 7.71. The van der Waals surface area contributed by atoms with Gasteiger partial charge in [0.2, 0.25) is 0 Å². The Morgan fingerprint density at radius 3 is 2.68 bits per heavy atom. The Morgan fingerprint density at radius 2 is 1.95 bits per heavy atom. The molecule has 22 heavy (non-hydrogen) atoms. The van der Waals surface area contributed by atoms with Gasteiger partial charge in [0, 0.05) is 3.57 Å². The Hall–Kier alpha value is -1.87. The van der Waals surface area contributed by atoms with Gasteiger partial charge in [-0.2, -0.15) is 0 Å². The summed E-state index contributed by atoms with van der Waals surface area (Å²) in [6.07, 6.45) is 0. The maximum absolute atomic E-state index is 13.8. The minimum absolute atomic E-state index is 0.0630. The fourth-order valence-corrected chi connectivity index (χ4v) is 2.89. The fourth-order valence-electron chi connectivity index (χ4n) is 2.13. The Morgan fingerprint density at radius 1 is 1.23 bits per heavy atom. The highest BCUT2D eigenvalue weighted by atomic mass is 127. The van der Waals surface area contributed by atoms with E-state index >= 15 is 0 Å². The minimum Gasteiger partial charge on any atom is -0.331 e. The Kier molecular flexibility index (Phi) is 3.92. The summed E-state index contributed by atoms with van der Waals surface area (Å²) in [6.45, 7) is 0. The molecule has 0 aliphatic heterocycles. The van der Waals surface area contributed by atoms with Gasteiger partial charge in [0.1, 0.15) is 5.82 Å². The molecule has 0 fully saturated rings. The van der Waals surface area contributed by atoms with Crippen molar-refractivity contribution in [2.45, 2.75) is 0 Å². The third-order valence-electron chi connectivity index (χ3n) is 3.17. The smallest absolute Gasteiger partial charge is 0.270 e. The molecular weight excluding hydrogens is 418 g/mol. The number of rotatable bonds is 1. The highest BCUT2D eigenvalue weighted by Crippen LogP contribution is 2.14. The number of fused-ring (bicyclic) bond motifs is 1. The summed E-state index contributed by atoms with van der Waals surface area (Å²) >= 11 is 7.15. The maximum Gasteiger partial charge on any atom is 0.270 e. The number of halogens is 2. The third-order valence-corrected chi connectivity index (χ3v) is 4.12. The van der Waals surface area contributed by atoms with Crippen LogP contribution in [-0.4, -0.2) is 15.5 Å². The zero-order valence-corrected chi connectivity index (χ0v) is 13.9. The third kappa shape index (κ3) is 2.50. The molecule has 0 unspecified atom stereocenters. The summed E-state index contributed by atoms with van der Waals surface area (Å²) in [6, 6.07) is 10.7. The first-order valence-electron chi connectivity index (χ1n) is 6.23. The molecule has 3 rings (SSSR count). The van der Waals surface area contributed by atoms with Crippen LogP contribution in [0, 0.1) is 14.2 Å². The fraction of sp³-hybridized carbons (Fsp3) is 0. The van der Waals surface area contributed by atoms with E-state index < -0.39 is 17.3 Å². The van der Waals surface area contributed by atoms with E-state index in [1.54, 1.807) is 12.1 Å². The molecule has 1 heterocycles. The van der Waals surface area contributed by atoms with Crippen molar-refractivity contribution < 1.29 is 9.18 Å². The first-order chi connectivity index (χ1) is 10.5. The quantitative estimate of drug-likeness (QED) is 0.479. The van der Waals surface area contributed by atoms with Crippen LogP contribution >= 0.6 is 34.8 Å². The summed E-state index contributed by atoms with van der Waals surface area (Å²) in [4.78, 5) is 27.9. The van der Waals surface area contributed by atoms with Crippen LogP contribution < -0.4 is 5.56 Å². The molecule has 110 valence electrons. The van der Waals surface area contributed by atoms with Crippen molar-refractivity contribution in [3.05, 3.63) is 72.5 Å². The molecule has 2 aromatic carbocycles. The number of carbonyl (C=O) groups excluding carboxylic acids is 1. The van der Waals surface area contributed by atoms with Crippen LogP contribution in [0.3, 0.4) is 0 Å². The number of H-pyrrole nitrogens is 1. The number of hydrogen-bond acceptors (Lipinski definition) is 3. The SMILES string of the molecule is O=C(c1ccccc1F)n1c(=S)[nH]c2ccc(I)cc2c1=O. The van der Waals surface area contributed by atoms with Gasteiger partial charge < -0.3 is 4.98 Å². The largest absolute Gasteiger partial charge is 0.331 e. The number of carbonyl (C=O) groups is 1. The van der Waals surface area contributed by atoms with Crippen LogP contribution in [0.25, 0.3) is 10.9 Å². The van der Waals surface area contributed by atoms with Crippen molar-refractivity contribution >= 4 is 51.6 Å². The molecule has 3 aromatic rings. The molecule has 0 aliphatic carbocycles. The average molecular weight is 426 g/mol. The Balaban J connectivity index is 2.32. The second-order valence-corrected chi connectivity index (χ2v) is 6.18. The molecule has 0 spiro atoms. The van der Waals surface area contributed by atoms with Crippen LogP contribution in [0.1, 0.15) is 10.4 Å². The van der Waals surface area contributed by atoms with Gasteiger partial charge in [-0.05, 0) is 65.1 Å². The normalized spacial score (nSPS) is 10.8. The molecular formula is C15H8FIN2O2S. The predicted molar refractivity (Wildman–Crippen MR) is 92.2 cm³/mol. The van der Waals surface area contributed by atoms with E-state index in [0.29, 0.717) is 10.9 Å². The molecule has 0 aliphatic rings. The van der Waals surface area contributed by atoms with Crippen LogP contribution in [0.2, 0.25) is 0 Å². The predicted octanol–water partition coefficient (Wildman–Crippen LogP) is 3.49. The van der Waals surface area contributed by atoms with Crippen molar-refractivity contribution in [3.8, 4) is 0 Å². The van der Waals surface area contributed by atoms with Crippen LogP contribution in [0.15, 0.2) is 47.3 Å². The lowest BCUT2D eigenvalue weighted by atomic mass is 10.2. The van der Waals surface area contributed by atoms with E-state index in [4.69, 9.17) is 12.2 Å². The monoisotopic (exact) mass is 426 g/mol. The first kappa shape index (κ1) is 15.0. The number of aromatic nitrogens is 2. The van der Waals surface area contributed by atoms with E-state index in [1.165, 1.54) is 18.2 Å². The van der Waals surface area contributed by atoms with Gasteiger partial charge >= 0.3 is 0 Å². The molecule has 0 atom stereocenters. The number of nitrogens with one attached hydrogen (secondary N) is 1. The summed E-state index contributed by atoms with van der Waals surface area (Å²) in [7, 11) is 0. The molecule has 1 N–H and O–H groups in total. The molecule has 0 amide bonds. The van der Waals surface area contributed by atoms with Crippen LogP contribution in [0.5, 0.6) is 0 Å². The minimum atomic E-state index is -0.787. The van der Waals surface area contributed by atoms with E-state index in [0.717, 1.165) is 14.2 Å². The molecule has 4 nitrogen and oxygen atoms in total. The van der Waals surface area contributed by atoms with Crippen molar-refractivity contribution in [1.29, 1.82) is 0 Å². The second-order valence-electron chi connectivity index (χ2n) is 4.55. The highest BCUT2D eigenvalue weighted by Gasteiger charge is 2.17. The van der Waals surface area contributed by atoms with Gasteiger partial charge in [-0.3, -0.25) is 9.59 Å². The number of benzene rings is 2. The van der Waals surface area contributed by atoms with Gasteiger partial charge in [0.15, 0.2) is 4.77 Å². The lowest BCUT2D eigenvalue weighted by Crippen LogP contribution is -2.29. The van der Waals surface area contributed by atoms with E-state index in [2.05, 4.69) is 27.6 Å². The number of nitrogens with zero attached hydrogens (tertiary/aromatic N) is 1. The molecule has 7 heteroatoms. The lowest BCUT2D eigenvalue weighted by Gasteiger charge is -2.08. The molecule has 0 saturated carbocycles. The zero-order valence-electron chi connectivity index (χ0n) is 11.0. The zero-order chi connectivity index (χ0) is 15.9. The summed E-state index contributed by atoms with van der Waals surface area (Å²) < 4.78 is 15.4. The Labute approximate surface area is 142 Å². The molecule has 1 aromatic heterocycles. The van der Waals surface area contributed by atoms with Gasteiger partial charge in [0.25, 0.3) is 11.5 Å². The number of hydrogen-bond donors (Lipinski definition) is 1. The molecule has 0 radical (unpaired) electrons. The van der Waals surface area contributed by atoms with Crippen molar-refractivity contribution in [2.24, 2.45) is 0 Å². The van der Waals surface area contributed by atoms with Crippen molar-refractivity contribution in [1.82, 2.24) is 9.55 Å². The second kappa shape index (κ2) is 5.73. The summed E-state index contributed by atoms with van der Waals surface area (Å²) in [5, 5.41) is 0.324. The van der Waals surface area contributed by atoms with E-state index in [-0.39, 0.29) is 10.3 Å². The summed E-state index contributed by atoms with van der Waals surface area (Å²) in [5.74, 6) is -1.48. The van der Waals surface area contributed by atoms with Gasteiger partial charge in [0.05, 0.1) is 16.5 Å². The van der Waals surface area contributed by atoms with E-state index in [1.807, 2.05) is 6.07 Å². The van der Waals surface area contributed by atoms with Gasteiger partial charge in [-0.15, -0.1) is 0 Å². The summed E-state index contributed by atoms with van der Waals surface area (Å²) in [5.41, 5.74) is -0.229. The highest BCUT2D eigenvalue weighted by molar-refractivity contribution is 14.1. The van der Waals surface area contributed by atoms with Crippen molar-refractivity contribution in [2.75, 3.05) is 0 Å². The molecule has 0 saturated heterocycles. The standard InChI is InChI=1S/C15H8FIN2O2S/c16-11-4-2-1-3-9(11)13(20)19-14(21)10-7-8(17)5-6-12(10)18-15(19)22/h1-7H,(H,18,22). The average Bonchev–Trinajstić information content (AvgIpc) is 2.48. The topological polar surface area (TPSA) is 54.9 Å². The van der Waals surface area contributed by atoms with Crippen molar-refractivity contribution in [3.63, 3.8) is 0 Å². The maximum atomic E-state index is 13.8. The van der Waals surface area contributed by atoms with E-state index in [9.17, 15) is 14.0 Å². The van der Waals surface area contributed by atoms with Gasteiger partial charge in [-0.25, -0.2) is 8.96 Å². The van der Waals surface area contributed by atoms with Crippen LogP contribution in [0.4, 0.5) is 4.39 Å². The lowest BCUT2D eigenvalue weighted by molar-refractivity contribution is 0.0949. The van der Waals surface area contributed by atoms with Gasteiger partial charge in [-0.1, -0.05) is 12.1 Å².